The SMILES string of the molecule is Cn1cc(Nc2cc(-c3ccnc(N4CCn5c(cc6c5CC(C)(C)C6)C4=O)c3CO)cn(C)c2=O)nn1. The van der Waals surface area contributed by atoms with Crippen LogP contribution in [0.2, 0.25) is 0 Å². The molecular formula is C27H30N8O3. The van der Waals surface area contributed by atoms with Crippen LogP contribution in [0.15, 0.2) is 41.6 Å². The molecular weight excluding hydrogens is 484 g/mol. The molecule has 0 unspecified atom stereocenters. The second-order valence-corrected chi connectivity index (χ2v) is 10.9. The minimum atomic E-state index is -0.316. The number of nitrogens with zero attached hydrogens (tertiary/aromatic N) is 7. The van der Waals surface area contributed by atoms with Crippen LogP contribution in [0.25, 0.3) is 11.1 Å². The number of pyridine rings is 2. The largest absolute Gasteiger partial charge is 0.392 e. The first-order chi connectivity index (χ1) is 18.1. The standard InChI is InChI=1S/C27H30N8O3/c1-27(2)11-16-10-21-26(38)35(8-7-34(21)22(16)12-27)24-19(15-36)18(5-6-28-24)17-9-20(25(37)32(3)13-17)29-23-14-33(4)31-30-23/h5-6,9-10,13-14,29,36H,7-8,11-12,15H2,1-4H3. The van der Waals surface area contributed by atoms with E-state index in [2.05, 4.69) is 39.0 Å². The Labute approximate surface area is 219 Å². The van der Waals surface area contributed by atoms with Crippen molar-refractivity contribution in [3.05, 3.63) is 69.7 Å². The zero-order valence-corrected chi connectivity index (χ0v) is 21.9. The molecule has 38 heavy (non-hydrogen) atoms. The molecule has 11 nitrogen and oxygen atoms in total. The third-order valence-electron chi connectivity index (χ3n) is 7.43. The van der Waals surface area contributed by atoms with Crippen LogP contribution in [0, 0.1) is 5.41 Å². The molecule has 4 aromatic heterocycles. The van der Waals surface area contributed by atoms with Gasteiger partial charge in [0.15, 0.2) is 5.82 Å². The highest BCUT2D eigenvalue weighted by Gasteiger charge is 2.37. The molecule has 0 radical (unpaired) electrons. The first kappa shape index (κ1) is 24.1. The molecule has 5 heterocycles. The van der Waals surface area contributed by atoms with Gasteiger partial charge >= 0.3 is 0 Å². The number of nitrogens with one attached hydrogen (secondary N) is 1. The molecule has 4 aromatic rings. The topological polar surface area (TPSA) is 123 Å². The summed E-state index contributed by atoms with van der Waals surface area (Å²) in [6, 6.07) is 5.53. The minimum Gasteiger partial charge on any atom is -0.392 e. The molecule has 0 saturated carbocycles. The lowest BCUT2D eigenvalue weighted by atomic mass is 9.90. The number of hydrogen-bond acceptors (Lipinski definition) is 7. The Kier molecular flexibility index (Phi) is 5.49. The number of aryl methyl sites for hydroxylation is 2. The van der Waals surface area contributed by atoms with Crippen molar-refractivity contribution in [2.45, 2.75) is 39.8 Å². The molecule has 196 valence electrons. The smallest absolute Gasteiger partial charge is 0.276 e. The Morgan fingerprint density at radius 2 is 1.92 bits per heavy atom. The molecule has 0 saturated heterocycles. The van der Waals surface area contributed by atoms with Gasteiger partial charge in [-0.2, -0.15) is 0 Å². The number of fused-ring (bicyclic) bond motifs is 3. The van der Waals surface area contributed by atoms with Crippen molar-refractivity contribution >= 4 is 23.2 Å². The van der Waals surface area contributed by atoms with Crippen molar-refractivity contribution in [1.82, 2.24) is 29.1 Å². The second-order valence-electron chi connectivity index (χ2n) is 10.9. The Balaban J connectivity index is 1.38. The summed E-state index contributed by atoms with van der Waals surface area (Å²) in [4.78, 5) is 32.7. The highest BCUT2D eigenvalue weighted by Crippen LogP contribution is 2.40. The van der Waals surface area contributed by atoms with Crippen LogP contribution in [0.4, 0.5) is 17.3 Å². The number of anilines is 3. The maximum atomic E-state index is 13.7. The van der Waals surface area contributed by atoms with E-state index in [1.807, 2.05) is 6.07 Å². The fourth-order valence-electron chi connectivity index (χ4n) is 5.74. The monoisotopic (exact) mass is 514 g/mol. The third kappa shape index (κ3) is 3.90. The van der Waals surface area contributed by atoms with E-state index in [1.165, 1.54) is 20.5 Å². The predicted octanol–water partition coefficient (Wildman–Crippen LogP) is 2.40. The van der Waals surface area contributed by atoms with Crippen molar-refractivity contribution in [2.24, 2.45) is 19.5 Å². The lowest BCUT2D eigenvalue weighted by molar-refractivity contribution is 0.0962. The van der Waals surface area contributed by atoms with Gasteiger partial charge < -0.3 is 19.6 Å². The van der Waals surface area contributed by atoms with E-state index < -0.39 is 0 Å². The van der Waals surface area contributed by atoms with Crippen molar-refractivity contribution in [2.75, 3.05) is 16.8 Å². The predicted molar refractivity (Wildman–Crippen MR) is 142 cm³/mol. The molecule has 0 bridgehead atoms. The number of hydrogen-bond donors (Lipinski definition) is 2. The van der Waals surface area contributed by atoms with Gasteiger partial charge in [0, 0.05) is 56.4 Å². The van der Waals surface area contributed by atoms with Crippen LogP contribution in [-0.2, 0) is 40.1 Å². The molecule has 1 aliphatic carbocycles. The second kappa shape index (κ2) is 8.66. The molecule has 2 aliphatic rings. The van der Waals surface area contributed by atoms with E-state index >= 15 is 0 Å². The third-order valence-corrected chi connectivity index (χ3v) is 7.43. The normalized spacial score (nSPS) is 16.0. The summed E-state index contributed by atoms with van der Waals surface area (Å²) in [7, 11) is 3.41. The lowest BCUT2D eigenvalue weighted by Gasteiger charge is -2.31. The number of aliphatic hydroxyl groups excluding tert-OH is 1. The first-order valence-corrected chi connectivity index (χ1v) is 12.6. The van der Waals surface area contributed by atoms with Gasteiger partial charge in [0.1, 0.15) is 17.2 Å². The highest BCUT2D eigenvalue weighted by molar-refractivity contribution is 6.06. The van der Waals surface area contributed by atoms with E-state index in [-0.39, 0.29) is 23.5 Å². The Hall–Kier alpha value is -4.25. The number of aliphatic hydroxyl groups is 1. The fraction of sp³-hybridized carbons (Fsp3) is 0.370. The van der Waals surface area contributed by atoms with Crippen LogP contribution in [-0.4, -0.2) is 46.7 Å². The van der Waals surface area contributed by atoms with E-state index in [9.17, 15) is 14.7 Å². The van der Waals surface area contributed by atoms with Crippen molar-refractivity contribution in [3.8, 4) is 11.1 Å². The quantitative estimate of drug-likeness (QED) is 0.419. The van der Waals surface area contributed by atoms with Gasteiger partial charge in [-0.1, -0.05) is 19.1 Å². The molecule has 6 rings (SSSR count). The summed E-state index contributed by atoms with van der Waals surface area (Å²) in [6.45, 7) is 5.34. The van der Waals surface area contributed by atoms with Crippen molar-refractivity contribution in [1.29, 1.82) is 0 Å². The number of carbonyl (C=O) groups is 1. The number of carbonyl (C=O) groups excluding carboxylic acids is 1. The summed E-state index contributed by atoms with van der Waals surface area (Å²) in [5, 5.41) is 21.4. The number of rotatable bonds is 5. The van der Waals surface area contributed by atoms with Gasteiger partial charge in [-0.3, -0.25) is 19.2 Å². The van der Waals surface area contributed by atoms with Gasteiger partial charge in [0.2, 0.25) is 0 Å². The summed E-state index contributed by atoms with van der Waals surface area (Å²) in [5.74, 6) is 0.755. The minimum absolute atomic E-state index is 0.117. The van der Waals surface area contributed by atoms with E-state index in [1.54, 1.807) is 49.7 Å². The Morgan fingerprint density at radius 1 is 1.11 bits per heavy atom. The molecule has 2 N–H and O–H groups in total. The number of amides is 1. The van der Waals surface area contributed by atoms with E-state index in [0.29, 0.717) is 52.8 Å². The van der Waals surface area contributed by atoms with Crippen molar-refractivity contribution in [3.63, 3.8) is 0 Å². The fourth-order valence-corrected chi connectivity index (χ4v) is 5.74. The van der Waals surface area contributed by atoms with Crippen LogP contribution in [0.3, 0.4) is 0 Å². The molecule has 0 spiro atoms. The van der Waals surface area contributed by atoms with E-state index in [0.717, 1.165) is 12.8 Å². The average molecular weight is 515 g/mol. The van der Waals surface area contributed by atoms with Crippen molar-refractivity contribution < 1.29 is 9.90 Å². The summed E-state index contributed by atoms with van der Waals surface area (Å²) >= 11 is 0. The summed E-state index contributed by atoms with van der Waals surface area (Å²) < 4.78 is 5.16. The summed E-state index contributed by atoms with van der Waals surface area (Å²) in [6.07, 6.45) is 6.93. The van der Waals surface area contributed by atoms with Crippen LogP contribution in [0.1, 0.15) is 41.2 Å². The van der Waals surface area contributed by atoms with Gasteiger partial charge in [0.05, 0.1) is 12.8 Å². The zero-order valence-electron chi connectivity index (χ0n) is 21.9. The van der Waals surface area contributed by atoms with Gasteiger partial charge in [0.25, 0.3) is 11.5 Å². The maximum absolute atomic E-state index is 13.7. The van der Waals surface area contributed by atoms with Crippen LogP contribution < -0.4 is 15.8 Å². The molecule has 0 aromatic carbocycles. The number of aromatic nitrogens is 6. The molecule has 11 heteroatoms. The zero-order chi connectivity index (χ0) is 26.8. The molecule has 1 aliphatic heterocycles. The van der Waals surface area contributed by atoms with Crippen LogP contribution in [0.5, 0.6) is 0 Å². The summed E-state index contributed by atoms with van der Waals surface area (Å²) in [5.41, 5.74) is 5.38. The maximum Gasteiger partial charge on any atom is 0.276 e. The first-order valence-electron chi connectivity index (χ1n) is 12.6. The lowest BCUT2D eigenvalue weighted by Crippen LogP contribution is -2.41. The highest BCUT2D eigenvalue weighted by atomic mass is 16.3. The van der Waals surface area contributed by atoms with E-state index in [4.69, 9.17) is 0 Å². The Bertz CT molecular complexity index is 1640. The van der Waals surface area contributed by atoms with Gasteiger partial charge in [-0.25, -0.2) is 4.98 Å². The Morgan fingerprint density at radius 3 is 2.66 bits per heavy atom. The average Bonchev–Trinajstić information content (AvgIpc) is 3.53. The molecule has 0 atom stereocenters. The van der Waals surface area contributed by atoms with Crippen LogP contribution >= 0.6 is 0 Å². The molecule has 1 amide bonds. The van der Waals surface area contributed by atoms with Gasteiger partial charge in [-0.15, -0.1) is 5.10 Å². The molecule has 0 fully saturated rings. The van der Waals surface area contributed by atoms with Gasteiger partial charge in [-0.05, 0) is 47.6 Å².